The van der Waals surface area contributed by atoms with E-state index in [1.165, 1.54) is 0 Å². The van der Waals surface area contributed by atoms with Crippen LogP contribution in [0.4, 0.5) is 0 Å². The minimum Gasteiger partial charge on any atom is -0.491 e. The number of rotatable bonds is 5. The van der Waals surface area contributed by atoms with Crippen molar-refractivity contribution in [3.63, 3.8) is 0 Å². The van der Waals surface area contributed by atoms with Crippen LogP contribution in [0, 0.1) is 3.57 Å². The van der Waals surface area contributed by atoms with E-state index in [1.807, 2.05) is 32.9 Å². The zero-order valence-corrected chi connectivity index (χ0v) is 16.0. The maximum absolute atomic E-state index is 10.0. The summed E-state index contributed by atoms with van der Waals surface area (Å²) < 4.78 is 6.84. The Kier molecular flexibility index (Phi) is 6.29. The average molecular weight is 435 g/mol. The quantitative estimate of drug-likeness (QED) is 0.524. The summed E-state index contributed by atoms with van der Waals surface area (Å²) in [6, 6.07) is 3.81. The van der Waals surface area contributed by atoms with Gasteiger partial charge in [0.1, 0.15) is 18.5 Å². The molecule has 0 aliphatic heterocycles. The highest BCUT2D eigenvalue weighted by Gasteiger charge is 2.29. The molecule has 130 valence electrons. The fourth-order valence-corrected chi connectivity index (χ4v) is 3.31. The maximum atomic E-state index is 10.0. The molecule has 0 saturated heterocycles. The van der Waals surface area contributed by atoms with Crippen LogP contribution >= 0.6 is 22.6 Å². The molecule has 5 nitrogen and oxygen atoms in total. The topological polar surface area (TPSA) is 82.0 Å². The van der Waals surface area contributed by atoms with Gasteiger partial charge in [-0.05, 0) is 61.1 Å². The fraction of sp³-hybridized carbons (Fsp3) is 0.647. The summed E-state index contributed by atoms with van der Waals surface area (Å²) in [6.07, 6.45) is -1.30. The Morgan fingerprint density at radius 3 is 2.43 bits per heavy atom. The largest absolute Gasteiger partial charge is 0.491 e. The first kappa shape index (κ1) is 18.9. The Hall–Kier alpha value is -0.410. The summed E-state index contributed by atoms with van der Waals surface area (Å²) in [5.74, 6) is 0.682. The molecule has 0 saturated carbocycles. The van der Waals surface area contributed by atoms with E-state index in [-0.39, 0.29) is 12.1 Å². The molecule has 2 rings (SSSR count). The Balaban J connectivity index is 2.03. The molecular formula is C17H26INO4. The predicted octanol–water partition coefficient (Wildman–Crippen LogP) is 1.24. The molecule has 0 fully saturated rings. The van der Waals surface area contributed by atoms with E-state index in [4.69, 9.17) is 4.74 Å². The molecule has 3 atom stereocenters. The number of hydrogen-bond donors (Lipinski definition) is 4. The highest BCUT2D eigenvalue weighted by Crippen LogP contribution is 2.33. The molecule has 23 heavy (non-hydrogen) atoms. The van der Waals surface area contributed by atoms with Crippen molar-refractivity contribution in [2.75, 3.05) is 13.2 Å². The summed E-state index contributed by atoms with van der Waals surface area (Å²) in [7, 11) is 0. The summed E-state index contributed by atoms with van der Waals surface area (Å²) in [5, 5.41) is 33.1. The second-order valence-electron chi connectivity index (χ2n) is 7.14. The molecule has 4 N–H and O–H groups in total. The summed E-state index contributed by atoms with van der Waals surface area (Å²) in [4.78, 5) is 0. The number of fused-ring (bicyclic) bond motifs is 1. The van der Waals surface area contributed by atoms with Crippen LogP contribution in [0.3, 0.4) is 0 Å². The highest BCUT2D eigenvalue weighted by molar-refractivity contribution is 14.1. The lowest BCUT2D eigenvalue weighted by atomic mass is 9.87. The van der Waals surface area contributed by atoms with Gasteiger partial charge < -0.3 is 25.4 Å². The number of nitrogens with one attached hydrogen (secondary N) is 1. The first-order valence-electron chi connectivity index (χ1n) is 7.89. The van der Waals surface area contributed by atoms with Crippen LogP contribution in [0.15, 0.2) is 12.1 Å². The lowest BCUT2D eigenvalue weighted by Crippen LogP contribution is -2.42. The summed E-state index contributed by atoms with van der Waals surface area (Å²) in [6.45, 7) is 6.78. The van der Waals surface area contributed by atoms with Crippen molar-refractivity contribution in [3.05, 3.63) is 26.8 Å². The van der Waals surface area contributed by atoms with E-state index in [0.717, 1.165) is 14.7 Å². The average Bonchev–Trinajstić information content (AvgIpc) is 2.46. The van der Waals surface area contributed by atoms with Gasteiger partial charge in [0.25, 0.3) is 0 Å². The van der Waals surface area contributed by atoms with Crippen molar-refractivity contribution in [2.24, 2.45) is 0 Å². The van der Waals surface area contributed by atoms with Gasteiger partial charge in [-0.1, -0.05) is 0 Å². The lowest BCUT2D eigenvalue weighted by molar-refractivity contribution is 0.0130. The van der Waals surface area contributed by atoms with Crippen LogP contribution in [-0.2, 0) is 12.8 Å². The first-order valence-corrected chi connectivity index (χ1v) is 8.97. The molecule has 0 aromatic heterocycles. The number of aliphatic hydroxyl groups is 3. The van der Waals surface area contributed by atoms with E-state index in [0.29, 0.717) is 25.1 Å². The van der Waals surface area contributed by atoms with Gasteiger partial charge in [-0.25, -0.2) is 0 Å². The number of aliphatic hydroxyl groups excluding tert-OH is 3. The number of benzene rings is 1. The minimum absolute atomic E-state index is 0.0523. The van der Waals surface area contributed by atoms with E-state index >= 15 is 0 Å². The third-order valence-electron chi connectivity index (χ3n) is 3.90. The predicted molar refractivity (Wildman–Crippen MR) is 97.8 cm³/mol. The maximum Gasteiger partial charge on any atom is 0.123 e. The van der Waals surface area contributed by atoms with Gasteiger partial charge >= 0.3 is 0 Å². The van der Waals surface area contributed by atoms with Gasteiger partial charge in [0.15, 0.2) is 0 Å². The normalized spacial score (nSPS) is 22.6. The zero-order chi connectivity index (χ0) is 17.2. The minimum atomic E-state index is -0.768. The van der Waals surface area contributed by atoms with Crippen molar-refractivity contribution in [3.8, 4) is 5.75 Å². The van der Waals surface area contributed by atoms with Crippen LogP contribution in [0.1, 0.15) is 31.9 Å². The lowest BCUT2D eigenvalue weighted by Gasteiger charge is -2.29. The van der Waals surface area contributed by atoms with Crippen LogP contribution in [-0.4, -0.2) is 52.3 Å². The van der Waals surface area contributed by atoms with Crippen molar-refractivity contribution < 1.29 is 20.1 Å². The standard InChI is InChI=1S/C17H26INO4/c1-17(2,3)19-8-10(20)9-23-16-5-4-13(18)11-6-14(21)15(22)7-12(11)16/h4-5,10,14-15,19-22H,6-9H2,1-3H3/t10-,14+,15-/m0/s1. The van der Waals surface area contributed by atoms with Crippen molar-refractivity contribution in [1.29, 1.82) is 0 Å². The third-order valence-corrected chi connectivity index (χ3v) is 4.91. The molecule has 0 radical (unpaired) electrons. The fourth-order valence-electron chi connectivity index (χ4n) is 2.58. The molecule has 0 amide bonds. The van der Waals surface area contributed by atoms with Crippen LogP contribution in [0.25, 0.3) is 0 Å². The second kappa shape index (κ2) is 7.65. The third kappa shape index (κ3) is 5.29. The molecular weight excluding hydrogens is 409 g/mol. The Bertz CT molecular complexity index is 544. The summed E-state index contributed by atoms with van der Waals surface area (Å²) in [5.41, 5.74) is 1.91. The number of hydrogen-bond acceptors (Lipinski definition) is 5. The monoisotopic (exact) mass is 435 g/mol. The Labute approximate surface area is 151 Å². The highest BCUT2D eigenvalue weighted by atomic mass is 127. The Morgan fingerprint density at radius 2 is 1.83 bits per heavy atom. The Morgan fingerprint density at radius 1 is 1.22 bits per heavy atom. The van der Waals surface area contributed by atoms with Crippen LogP contribution < -0.4 is 10.1 Å². The number of halogens is 1. The van der Waals surface area contributed by atoms with Crippen molar-refractivity contribution in [1.82, 2.24) is 5.32 Å². The van der Waals surface area contributed by atoms with E-state index in [2.05, 4.69) is 27.9 Å². The van der Waals surface area contributed by atoms with Gasteiger partial charge in [0.2, 0.25) is 0 Å². The van der Waals surface area contributed by atoms with Crippen LogP contribution in [0.2, 0.25) is 0 Å². The first-order chi connectivity index (χ1) is 10.7. The van der Waals surface area contributed by atoms with E-state index < -0.39 is 18.3 Å². The van der Waals surface area contributed by atoms with Crippen LogP contribution in [0.5, 0.6) is 5.75 Å². The van der Waals surface area contributed by atoms with E-state index in [9.17, 15) is 15.3 Å². The molecule has 1 aromatic rings. The van der Waals surface area contributed by atoms with Gasteiger partial charge in [0.05, 0.1) is 12.2 Å². The van der Waals surface area contributed by atoms with Gasteiger partial charge in [0, 0.05) is 34.1 Å². The molecule has 0 unspecified atom stereocenters. The summed E-state index contributed by atoms with van der Waals surface area (Å²) >= 11 is 2.23. The molecule has 1 aliphatic carbocycles. The number of β-amino-alcohol motifs (C(OH)–C–C–N with tert-alkyl or cyclic N) is 1. The van der Waals surface area contributed by atoms with Crippen molar-refractivity contribution >= 4 is 22.6 Å². The number of ether oxygens (including phenoxy) is 1. The smallest absolute Gasteiger partial charge is 0.123 e. The van der Waals surface area contributed by atoms with Crippen molar-refractivity contribution in [2.45, 2.75) is 57.5 Å². The van der Waals surface area contributed by atoms with E-state index in [1.54, 1.807) is 0 Å². The van der Waals surface area contributed by atoms with Gasteiger partial charge in [-0.15, -0.1) is 0 Å². The second-order valence-corrected chi connectivity index (χ2v) is 8.30. The molecule has 1 aromatic carbocycles. The molecule has 0 heterocycles. The molecule has 0 spiro atoms. The molecule has 1 aliphatic rings. The zero-order valence-electron chi connectivity index (χ0n) is 13.8. The van der Waals surface area contributed by atoms with Gasteiger partial charge in [-0.3, -0.25) is 0 Å². The molecule has 0 bridgehead atoms. The molecule has 6 heteroatoms. The van der Waals surface area contributed by atoms with Gasteiger partial charge in [-0.2, -0.15) is 0 Å². The SMILES string of the molecule is CC(C)(C)NC[C@H](O)COc1ccc(I)c2c1C[C@H](O)[C@H](O)C2.